The molecule has 6 heteroatoms. The van der Waals surface area contributed by atoms with Crippen molar-refractivity contribution in [1.29, 1.82) is 0 Å². The summed E-state index contributed by atoms with van der Waals surface area (Å²) in [6, 6.07) is 18.9. The molecule has 1 aliphatic heterocycles. The maximum absolute atomic E-state index is 13.0. The highest BCUT2D eigenvalue weighted by molar-refractivity contribution is 6.03. The van der Waals surface area contributed by atoms with Gasteiger partial charge in [0.2, 0.25) is 5.91 Å². The minimum absolute atomic E-state index is 0.0937. The molecule has 0 unspecified atom stereocenters. The van der Waals surface area contributed by atoms with Crippen LogP contribution >= 0.6 is 0 Å². The summed E-state index contributed by atoms with van der Waals surface area (Å²) in [7, 11) is 1.76. The molecule has 1 fully saturated rings. The molecule has 6 nitrogen and oxygen atoms in total. The molecule has 2 aliphatic rings. The van der Waals surface area contributed by atoms with E-state index >= 15 is 0 Å². The number of nitrogens with one attached hydrogen (secondary N) is 1. The van der Waals surface area contributed by atoms with Crippen LogP contribution in [-0.4, -0.2) is 30.1 Å². The first-order chi connectivity index (χ1) is 14.1. The number of fused-ring (bicyclic) bond motifs is 3. The standard InChI is InChI=1S/C23H21N3O3/c1-26-20-10-6-5-9-16(20)17-13-18(17)21(23(26)28)24-22(27)19-12-15(29-25-19)11-14-7-3-2-4-8-14/h2-10,12,17-18,21H,11,13H2,1H3,(H,24,27)/t17-,18-,21-/m1/s1. The number of amides is 2. The highest BCUT2D eigenvalue weighted by Crippen LogP contribution is 2.54. The van der Waals surface area contributed by atoms with Crippen molar-refractivity contribution < 1.29 is 14.1 Å². The molecule has 29 heavy (non-hydrogen) atoms. The van der Waals surface area contributed by atoms with Gasteiger partial charge in [0.15, 0.2) is 5.69 Å². The lowest BCUT2D eigenvalue weighted by Crippen LogP contribution is -2.48. The Bertz CT molecular complexity index is 1080. The second-order valence-corrected chi connectivity index (χ2v) is 7.75. The lowest BCUT2D eigenvalue weighted by atomic mass is 10.1. The van der Waals surface area contributed by atoms with Gasteiger partial charge in [0.1, 0.15) is 11.8 Å². The average molecular weight is 387 g/mol. The molecule has 0 saturated heterocycles. The predicted molar refractivity (Wildman–Crippen MR) is 108 cm³/mol. The summed E-state index contributed by atoms with van der Waals surface area (Å²) in [4.78, 5) is 27.5. The molecule has 2 amide bonds. The second kappa shape index (κ2) is 6.88. The molecule has 2 aromatic carbocycles. The molecule has 0 radical (unpaired) electrons. The normalized spacial score (nSPS) is 22.4. The van der Waals surface area contributed by atoms with Gasteiger partial charge in [-0.1, -0.05) is 53.7 Å². The van der Waals surface area contributed by atoms with Crippen molar-refractivity contribution in [2.24, 2.45) is 5.92 Å². The van der Waals surface area contributed by atoms with E-state index in [-0.39, 0.29) is 23.4 Å². The van der Waals surface area contributed by atoms with Crippen LogP contribution in [0, 0.1) is 5.92 Å². The molecule has 5 rings (SSSR count). The first kappa shape index (κ1) is 17.7. The lowest BCUT2D eigenvalue weighted by molar-refractivity contribution is -0.120. The number of hydrogen-bond acceptors (Lipinski definition) is 4. The van der Waals surface area contributed by atoms with Crippen LogP contribution in [0.5, 0.6) is 0 Å². The van der Waals surface area contributed by atoms with Crippen LogP contribution in [0.25, 0.3) is 0 Å². The smallest absolute Gasteiger partial charge is 0.274 e. The van der Waals surface area contributed by atoms with E-state index in [1.807, 2.05) is 48.5 Å². The van der Waals surface area contributed by atoms with Crippen LogP contribution in [0.15, 0.2) is 65.2 Å². The highest BCUT2D eigenvalue weighted by atomic mass is 16.5. The Morgan fingerprint density at radius 1 is 1.17 bits per heavy atom. The SMILES string of the molecule is CN1C(=O)[C@H](NC(=O)c2cc(Cc3ccccc3)on2)[C@@H]2C[C@@H]2c2ccccc21. The highest BCUT2D eigenvalue weighted by Gasteiger charge is 2.51. The van der Waals surface area contributed by atoms with Gasteiger partial charge in [-0.05, 0) is 35.4 Å². The monoisotopic (exact) mass is 387 g/mol. The fourth-order valence-electron chi connectivity index (χ4n) is 4.24. The van der Waals surface area contributed by atoms with Crippen LogP contribution in [0.1, 0.15) is 39.7 Å². The molecule has 3 atom stereocenters. The molecular formula is C23H21N3O3. The number of likely N-dealkylation sites (N-methyl/N-ethyl adjacent to an activating group) is 1. The third kappa shape index (κ3) is 3.20. The van der Waals surface area contributed by atoms with E-state index in [4.69, 9.17) is 4.52 Å². The van der Waals surface area contributed by atoms with Crippen molar-refractivity contribution in [2.45, 2.75) is 24.8 Å². The van der Waals surface area contributed by atoms with Crippen molar-refractivity contribution in [3.05, 3.63) is 83.2 Å². The number of anilines is 1. The van der Waals surface area contributed by atoms with Gasteiger partial charge >= 0.3 is 0 Å². The van der Waals surface area contributed by atoms with Gasteiger partial charge in [0.25, 0.3) is 5.91 Å². The van der Waals surface area contributed by atoms with E-state index < -0.39 is 6.04 Å². The molecule has 3 aromatic rings. The van der Waals surface area contributed by atoms with E-state index in [2.05, 4.69) is 16.5 Å². The van der Waals surface area contributed by atoms with Gasteiger partial charge in [-0.25, -0.2) is 0 Å². The van der Waals surface area contributed by atoms with Gasteiger partial charge in [0, 0.05) is 25.2 Å². The number of para-hydroxylation sites is 1. The van der Waals surface area contributed by atoms with Crippen LogP contribution in [0.2, 0.25) is 0 Å². The van der Waals surface area contributed by atoms with Crippen molar-refractivity contribution in [1.82, 2.24) is 10.5 Å². The van der Waals surface area contributed by atoms with Gasteiger partial charge in [0.05, 0.1) is 0 Å². The average Bonchev–Trinajstić information content (AvgIpc) is 3.41. The van der Waals surface area contributed by atoms with Crippen LogP contribution < -0.4 is 10.2 Å². The largest absolute Gasteiger partial charge is 0.360 e. The molecule has 1 aromatic heterocycles. The van der Waals surface area contributed by atoms with E-state index in [1.165, 1.54) is 5.56 Å². The zero-order chi connectivity index (χ0) is 20.0. The Morgan fingerprint density at radius 3 is 2.76 bits per heavy atom. The second-order valence-electron chi connectivity index (χ2n) is 7.75. The number of carbonyl (C=O) groups is 2. The molecule has 1 aliphatic carbocycles. The van der Waals surface area contributed by atoms with E-state index in [0.717, 1.165) is 17.7 Å². The summed E-state index contributed by atoms with van der Waals surface area (Å²) in [6.45, 7) is 0. The topological polar surface area (TPSA) is 75.4 Å². The summed E-state index contributed by atoms with van der Waals surface area (Å²) in [6.07, 6.45) is 1.46. The number of nitrogens with zero attached hydrogens (tertiary/aromatic N) is 2. The third-order valence-corrected chi connectivity index (χ3v) is 5.86. The number of benzene rings is 2. The molecule has 2 heterocycles. The number of carbonyl (C=O) groups excluding carboxylic acids is 2. The minimum Gasteiger partial charge on any atom is -0.360 e. The number of aromatic nitrogens is 1. The Hall–Kier alpha value is -3.41. The first-order valence-electron chi connectivity index (χ1n) is 9.78. The fraction of sp³-hybridized carbons (Fsp3) is 0.261. The van der Waals surface area contributed by atoms with Crippen molar-refractivity contribution in [2.75, 3.05) is 11.9 Å². The maximum Gasteiger partial charge on any atom is 0.274 e. The minimum atomic E-state index is -0.556. The van der Waals surface area contributed by atoms with Crippen molar-refractivity contribution in [3.8, 4) is 0 Å². The molecule has 0 spiro atoms. The summed E-state index contributed by atoms with van der Waals surface area (Å²) >= 11 is 0. The summed E-state index contributed by atoms with van der Waals surface area (Å²) in [5, 5.41) is 6.82. The maximum atomic E-state index is 13.0. The van der Waals surface area contributed by atoms with Crippen molar-refractivity contribution >= 4 is 17.5 Å². The van der Waals surface area contributed by atoms with Crippen molar-refractivity contribution in [3.63, 3.8) is 0 Å². The van der Waals surface area contributed by atoms with E-state index in [0.29, 0.717) is 18.1 Å². The molecule has 0 bridgehead atoms. The van der Waals surface area contributed by atoms with Crippen LogP contribution in [0.3, 0.4) is 0 Å². The zero-order valence-electron chi connectivity index (χ0n) is 16.0. The summed E-state index contributed by atoms with van der Waals surface area (Å²) in [5.41, 5.74) is 3.38. The van der Waals surface area contributed by atoms with E-state index in [1.54, 1.807) is 18.0 Å². The summed E-state index contributed by atoms with van der Waals surface area (Å²) in [5.74, 6) is 0.562. The fourth-order valence-corrected chi connectivity index (χ4v) is 4.24. The Labute approximate surface area is 168 Å². The number of hydrogen-bond donors (Lipinski definition) is 1. The zero-order valence-corrected chi connectivity index (χ0v) is 16.0. The number of rotatable bonds is 4. The van der Waals surface area contributed by atoms with E-state index in [9.17, 15) is 9.59 Å². The Balaban J connectivity index is 1.32. The Kier molecular flexibility index (Phi) is 4.19. The summed E-state index contributed by atoms with van der Waals surface area (Å²) < 4.78 is 5.33. The van der Waals surface area contributed by atoms with Crippen LogP contribution in [0.4, 0.5) is 5.69 Å². The molecular weight excluding hydrogens is 366 g/mol. The molecule has 1 saturated carbocycles. The molecule has 146 valence electrons. The Morgan fingerprint density at radius 2 is 1.93 bits per heavy atom. The van der Waals surface area contributed by atoms with Gasteiger partial charge in [-0.15, -0.1) is 0 Å². The van der Waals surface area contributed by atoms with Crippen LogP contribution in [-0.2, 0) is 11.2 Å². The lowest BCUT2D eigenvalue weighted by Gasteiger charge is -2.23. The van der Waals surface area contributed by atoms with Gasteiger partial charge < -0.3 is 14.7 Å². The quantitative estimate of drug-likeness (QED) is 0.746. The molecule has 1 N–H and O–H groups in total. The van der Waals surface area contributed by atoms with Gasteiger partial charge in [-0.3, -0.25) is 9.59 Å². The predicted octanol–water partition coefficient (Wildman–Crippen LogP) is 3.14. The van der Waals surface area contributed by atoms with Gasteiger partial charge in [-0.2, -0.15) is 0 Å². The first-order valence-corrected chi connectivity index (χ1v) is 9.78. The third-order valence-electron chi connectivity index (χ3n) is 5.86.